The van der Waals surface area contributed by atoms with Gasteiger partial charge in [-0.15, -0.1) is 5.10 Å². The fourth-order valence-corrected chi connectivity index (χ4v) is 1.31. The van der Waals surface area contributed by atoms with Gasteiger partial charge in [-0.25, -0.2) is 4.79 Å². The van der Waals surface area contributed by atoms with Crippen molar-refractivity contribution in [2.24, 2.45) is 0 Å². The summed E-state index contributed by atoms with van der Waals surface area (Å²) < 4.78 is 37.6. The topological polar surface area (TPSA) is 50.7 Å². The summed E-state index contributed by atoms with van der Waals surface area (Å²) in [5.41, 5.74) is 0.307. The highest BCUT2D eigenvalue weighted by Gasteiger charge is 2.35. The Bertz CT molecular complexity index is 580. The van der Waals surface area contributed by atoms with Crippen molar-refractivity contribution in [1.82, 2.24) is 14.8 Å². The highest BCUT2D eigenvalue weighted by molar-refractivity contribution is 5.32. The molecule has 1 aromatic heterocycles. The van der Waals surface area contributed by atoms with E-state index < -0.39 is 17.7 Å². The summed E-state index contributed by atoms with van der Waals surface area (Å²) in [6.07, 6.45) is -4.66. The molecule has 0 radical (unpaired) electrons. The molecule has 1 N–H and O–H groups in total. The highest BCUT2D eigenvalue weighted by Crippen LogP contribution is 2.25. The lowest BCUT2D eigenvalue weighted by Crippen LogP contribution is -2.15. The normalized spacial score (nSPS) is 11.8. The third kappa shape index (κ3) is 2.22. The van der Waals surface area contributed by atoms with E-state index in [0.29, 0.717) is 4.68 Å². The van der Waals surface area contributed by atoms with Crippen LogP contribution in [0.3, 0.4) is 0 Å². The molecule has 0 amide bonds. The van der Waals surface area contributed by atoms with Crippen molar-refractivity contribution in [3.8, 4) is 5.69 Å². The van der Waals surface area contributed by atoms with Crippen molar-refractivity contribution in [1.29, 1.82) is 0 Å². The lowest BCUT2D eigenvalue weighted by atomic mass is 10.2. The van der Waals surface area contributed by atoms with E-state index in [2.05, 4.69) is 5.10 Å². The summed E-state index contributed by atoms with van der Waals surface area (Å²) in [5, 5.41) is 3.20. The second-order valence-electron chi connectivity index (χ2n) is 3.52. The van der Waals surface area contributed by atoms with E-state index in [1.54, 1.807) is 17.1 Å². The first-order chi connectivity index (χ1) is 7.88. The lowest BCUT2D eigenvalue weighted by molar-refractivity contribution is -0.144. The third-order valence-electron chi connectivity index (χ3n) is 2.16. The van der Waals surface area contributed by atoms with Crippen molar-refractivity contribution in [2.75, 3.05) is 0 Å². The molecule has 2 aromatic rings. The van der Waals surface area contributed by atoms with Gasteiger partial charge < -0.3 is 0 Å². The predicted molar refractivity (Wildman–Crippen MR) is 53.9 cm³/mol. The number of H-pyrrole nitrogens is 1. The zero-order valence-electron chi connectivity index (χ0n) is 8.75. The van der Waals surface area contributed by atoms with Crippen LogP contribution in [0.2, 0.25) is 0 Å². The number of aromatic amines is 1. The minimum atomic E-state index is -4.66. The molecule has 4 nitrogen and oxygen atoms in total. The van der Waals surface area contributed by atoms with Crippen molar-refractivity contribution < 1.29 is 13.2 Å². The van der Waals surface area contributed by atoms with Crippen LogP contribution in [0, 0.1) is 6.92 Å². The zero-order chi connectivity index (χ0) is 12.6. The van der Waals surface area contributed by atoms with Gasteiger partial charge in [-0.2, -0.15) is 17.9 Å². The van der Waals surface area contributed by atoms with Gasteiger partial charge in [0, 0.05) is 0 Å². The molecule has 0 aliphatic carbocycles. The second kappa shape index (κ2) is 3.76. The summed E-state index contributed by atoms with van der Waals surface area (Å²) in [6, 6.07) is 6.42. The number of aromatic nitrogens is 3. The van der Waals surface area contributed by atoms with Crippen LogP contribution in [0.5, 0.6) is 0 Å². The van der Waals surface area contributed by atoms with Crippen LogP contribution >= 0.6 is 0 Å². The van der Waals surface area contributed by atoms with Crippen LogP contribution in [0.25, 0.3) is 5.69 Å². The maximum absolute atomic E-state index is 12.3. The Morgan fingerprint density at radius 1 is 1.24 bits per heavy atom. The maximum atomic E-state index is 12.3. The van der Waals surface area contributed by atoms with Gasteiger partial charge in [-0.05, 0) is 19.1 Å². The Balaban J connectivity index is 2.50. The van der Waals surface area contributed by atoms with Crippen LogP contribution in [-0.4, -0.2) is 14.8 Å². The minimum Gasteiger partial charge on any atom is -0.285 e. The van der Waals surface area contributed by atoms with E-state index in [4.69, 9.17) is 0 Å². The number of hydrogen-bond donors (Lipinski definition) is 1. The largest absolute Gasteiger partial charge is 0.451 e. The number of rotatable bonds is 1. The number of nitrogens with one attached hydrogen (secondary N) is 1. The van der Waals surface area contributed by atoms with Crippen molar-refractivity contribution in [3.63, 3.8) is 0 Å². The molecule has 7 heteroatoms. The quantitative estimate of drug-likeness (QED) is 0.831. The number of benzene rings is 1. The predicted octanol–water partition coefficient (Wildman–Crippen LogP) is 1.89. The smallest absolute Gasteiger partial charge is 0.285 e. The maximum Gasteiger partial charge on any atom is 0.451 e. The van der Waals surface area contributed by atoms with E-state index >= 15 is 0 Å². The Hall–Kier alpha value is -2.05. The van der Waals surface area contributed by atoms with Gasteiger partial charge in [0.2, 0.25) is 5.82 Å². The number of aryl methyl sites for hydroxylation is 1. The zero-order valence-corrected chi connectivity index (χ0v) is 8.75. The first-order valence-corrected chi connectivity index (χ1v) is 4.71. The molecule has 0 aliphatic heterocycles. The summed E-state index contributed by atoms with van der Waals surface area (Å²) >= 11 is 0. The van der Waals surface area contributed by atoms with Crippen LogP contribution in [-0.2, 0) is 6.18 Å². The molecule has 0 saturated carbocycles. The van der Waals surface area contributed by atoms with Gasteiger partial charge in [0.1, 0.15) is 0 Å². The van der Waals surface area contributed by atoms with E-state index in [1.165, 1.54) is 12.1 Å². The average Bonchev–Trinajstić information content (AvgIpc) is 2.61. The van der Waals surface area contributed by atoms with Crippen LogP contribution in [0.4, 0.5) is 13.2 Å². The van der Waals surface area contributed by atoms with Gasteiger partial charge in [-0.1, -0.05) is 17.7 Å². The molecule has 0 fully saturated rings. The lowest BCUT2D eigenvalue weighted by Gasteiger charge is -2.01. The molecular formula is C10H8F3N3O. The molecule has 0 unspecified atom stereocenters. The number of alkyl halides is 3. The molecule has 0 atom stereocenters. The standard InChI is InChI=1S/C10H8F3N3O/c1-6-2-4-7(5-3-6)16-9(17)14-8(15-16)10(11,12)13/h2-5H,1H3,(H,14,15,17). The third-order valence-corrected chi connectivity index (χ3v) is 2.16. The monoisotopic (exact) mass is 243 g/mol. The fraction of sp³-hybridized carbons (Fsp3) is 0.200. The molecule has 2 rings (SSSR count). The van der Waals surface area contributed by atoms with Gasteiger partial charge in [0.25, 0.3) is 0 Å². The summed E-state index contributed by atoms with van der Waals surface area (Å²) in [6.45, 7) is 1.83. The van der Waals surface area contributed by atoms with Gasteiger partial charge in [0.15, 0.2) is 0 Å². The second-order valence-corrected chi connectivity index (χ2v) is 3.52. The molecule has 0 bridgehead atoms. The van der Waals surface area contributed by atoms with E-state index in [-0.39, 0.29) is 5.69 Å². The van der Waals surface area contributed by atoms with Crippen molar-refractivity contribution >= 4 is 0 Å². The van der Waals surface area contributed by atoms with Crippen LogP contribution in [0.15, 0.2) is 29.1 Å². The summed E-state index contributed by atoms with van der Waals surface area (Å²) in [5.74, 6) is -1.30. The van der Waals surface area contributed by atoms with E-state index in [0.717, 1.165) is 5.56 Å². The first kappa shape index (κ1) is 11.4. The number of halogens is 3. The summed E-state index contributed by atoms with van der Waals surface area (Å²) in [7, 11) is 0. The Morgan fingerprint density at radius 3 is 2.29 bits per heavy atom. The highest BCUT2D eigenvalue weighted by atomic mass is 19.4. The molecule has 17 heavy (non-hydrogen) atoms. The van der Waals surface area contributed by atoms with E-state index in [9.17, 15) is 18.0 Å². The van der Waals surface area contributed by atoms with Gasteiger partial charge in [-0.3, -0.25) is 4.98 Å². The van der Waals surface area contributed by atoms with Crippen LogP contribution in [0.1, 0.15) is 11.4 Å². The van der Waals surface area contributed by atoms with Gasteiger partial charge >= 0.3 is 11.9 Å². The average molecular weight is 243 g/mol. The number of hydrogen-bond acceptors (Lipinski definition) is 2. The van der Waals surface area contributed by atoms with Crippen LogP contribution < -0.4 is 5.69 Å². The Labute approximate surface area is 93.7 Å². The first-order valence-electron chi connectivity index (χ1n) is 4.71. The Morgan fingerprint density at radius 2 is 1.82 bits per heavy atom. The molecule has 1 heterocycles. The molecule has 90 valence electrons. The summed E-state index contributed by atoms with van der Waals surface area (Å²) in [4.78, 5) is 13.0. The SMILES string of the molecule is Cc1ccc(-n2nc(C(F)(F)F)[nH]c2=O)cc1. The molecule has 0 aliphatic rings. The molecule has 0 saturated heterocycles. The Kier molecular flexibility index (Phi) is 2.53. The van der Waals surface area contributed by atoms with Gasteiger partial charge in [0.05, 0.1) is 5.69 Å². The number of nitrogens with zero attached hydrogens (tertiary/aromatic N) is 2. The van der Waals surface area contributed by atoms with Crippen molar-refractivity contribution in [2.45, 2.75) is 13.1 Å². The molecule has 1 aromatic carbocycles. The fourth-order valence-electron chi connectivity index (χ4n) is 1.31. The minimum absolute atomic E-state index is 0.285. The molecular weight excluding hydrogens is 235 g/mol. The molecule has 0 spiro atoms. The van der Waals surface area contributed by atoms with E-state index in [1.807, 2.05) is 6.92 Å². The van der Waals surface area contributed by atoms with Crippen molar-refractivity contribution in [3.05, 3.63) is 46.1 Å².